The van der Waals surface area contributed by atoms with Crippen LogP contribution in [-0.2, 0) is 24.3 Å². The van der Waals surface area contributed by atoms with Crippen LogP contribution in [0.4, 0.5) is 15.3 Å². The molecule has 2 aliphatic rings. The number of nitrogens with zero attached hydrogens (tertiary/aromatic N) is 3. The highest BCUT2D eigenvalue weighted by Gasteiger charge is 2.57. The van der Waals surface area contributed by atoms with Crippen molar-refractivity contribution in [2.75, 3.05) is 32.1 Å². The summed E-state index contributed by atoms with van der Waals surface area (Å²) in [6.07, 6.45) is 3.39. The Hall–Kier alpha value is -4.01. The molecule has 0 saturated carbocycles. The van der Waals surface area contributed by atoms with Crippen LogP contribution in [0.15, 0.2) is 72.8 Å². The van der Waals surface area contributed by atoms with Gasteiger partial charge in [-0.3, -0.25) is 9.69 Å². The Labute approximate surface area is 254 Å². The molecule has 3 atom stereocenters. The van der Waals surface area contributed by atoms with Crippen molar-refractivity contribution in [3.8, 4) is 0 Å². The highest BCUT2D eigenvalue weighted by molar-refractivity contribution is 6.06. The summed E-state index contributed by atoms with van der Waals surface area (Å²) in [5, 5.41) is 3.05. The number of carbonyl (C=O) groups is 3. The molecule has 2 heterocycles. The maximum atomic E-state index is 13.9. The van der Waals surface area contributed by atoms with E-state index in [1.807, 2.05) is 85.5 Å². The van der Waals surface area contributed by atoms with E-state index in [4.69, 9.17) is 4.74 Å². The van der Waals surface area contributed by atoms with Crippen LogP contribution >= 0.6 is 0 Å². The second-order valence-electron chi connectivity index (χ2n) is 12.1. The highest BCUT2D eigenvalue weighted by atomic mass is 16.5. The van der Waals surface area contributed by atoms with Crippen LogP contribution in [-0.4, -0.2) is 66.7 Å². The van der Waals surface area contributed by atoms with E-state index >= 15 is 0 Å². The van der Waals surface area contributed by atoms with Gasteiger partial charge < -0.3 is 15.0 Å². The minimum atomic E-state index is -0.337. The standard InChI is InChI=1S/C35H42N4O4/c1-25-20-29(33(40)38-19-11-10-15-28-14-8-9-16-32(28)38)17-18-30(25)22-36-34(41)39(35(42)37(3)4)23-31(21-26(39)2)43-24-27-12-6-5-7-13-27/h5-9,12-14,16-18,20,26,31H,10-11,15,19,21-24H2,1-4H3/p+1/t26?,31-,39?/m1/s1. The third kappa shape index (κ3) is 6.36. The topological polar surface area (TPSA) is 79.0 Å². The van der Waals surface area contributed by atoms with Crippen molar-refractivity contribution in [2.24, 2.45) is 0 Å². The normalized spacial score (nSPS) is 21.5. The quantitative estimate of drug-likeness (QED) is 0.358. The Kier molecular flexibility index (Phi) is 9.28. The Morgan fingerprint density at radius 2 is 1.74 bits per heavy atom. The summed E-state index contributed by atoms with van der Waals surface area (Å²) in [5.74, 6) is -0.0124. The lowest BCUT2D eigenvalue weighted by Gasteiger charge is -2.34. The second kappa shape index (κ2) is 13.1. The van der Waals surface area contributed by atoms with Crippen molar-refractivity contribution >= 4 is 23.7 Å². The molecule has 0 bridgehead atoms. The Bertz CT molecular complexity index is 1470. The molecule has 0 radical (unpaired) electrons. The van der Waals surface area contributed by atoms with Crippen LogP contribution in [0.5, 0.6) is 0 Å². The lowest BCUT2D eigenvalue weighted by molar-refractivity contribution is -0.785. The summed E-state index contributed by atoms with van der Waals surface area (Å²) in [5.41, 5.74) is 5.70. The Morgan fingerprint density at radius 3 is 2.49 bits per heavy atom. The van der Waals surface area contributed by atoms with Crippen molar-refractivity contribution < 1.29 is 23.6 Å². The third-order valence-corrected chi connectivity index (χ3v) is 8.89. The van der Waals surface area contributed by atoms with Gasteiger partial charge in [-0.25, -0.2) is 9.59 Å². The number of fused-ring (bicyclic) bond motifs is 1. The zero-order valence-electron chi connectivity index (χ0n) is 25.7. The van der Waals surface area contributed by atoms with Crippen molar-refractivity contribution in [3.63, 3.8) is 0 Å². The minimum absolute atomic E-state index is 0.0124. The van der Waals surface area contributed by atoms with Gasteiger partial charge in [-0.1, -0.05) is 54.6 Å². The lowest BCUT2D eigenvalue weighted by atomic mass is 10.0. The van der Waals surface area contributed by atoms with E-state index in [-0.39, 0.29) is 47.7 Å². The highest BCUT2D eigenvalue weighted by Crippen LogP contribution is 2.32. The number of aryl methyl sites for hydroxylation is 2. The van der Waals surface area contributed by atoms with Gasteiger partial charge >= 0.3 is 12.1 Å². The van der Waals surface area contributed by atoms with Crippen LogP contribution in [0.25, 0.3) is 0 Å². The predicted molar refractivity (Wildman–Crippen MR) is 168 cm³/mol. The molecule has 3 aromatic rings. The number of carbonyl (C=O) groups excluding carboxylic acids is 3. The molecule has 8 heteroatoms. The van der Waals surface area contributed by atoms with E-state index in [0.29, 0.717) is 25.1 Å². The molecule has 5 amide bonds. The molecule has 226 valence electrons. The van der Waals surface area contributed by atoms with Crippen molar-refractivity contribution in [1.82, 2.24) is 10.2 Å². The maximum Gasteiger partial charge on any atom is 0.428 e. The first-order valence-corrected chi connectivity index (χ1v) is 15.2. The van der Waals surface area contributed by atoms with Crippen LogP contribution in [0.3, 0.4) is 0 Å². The van der Waals surface area contributed by atoms with E-state index in [1.165, 1.54) is 10.5 Å². The fourth-order valence-electron chi connectivity index (χ4n) is 6.44. The second-order valence-corrected chi connectivity index (χ2v) is 12.1. The molecule has 5 rings (SSSR count). The molecule has 8 nitrogen and oxygen atoms in total. The van der Waals surface area contributed by atoms with Gasteiger partial charge in [0, 0.05) is 44.9 Å². The van der Waals surface area contributed by atoms with Crippen LogP contribution in [0.1, 0.15) is 58.8 Å². The number of urea groups is 2. The van der Waals surface area contributed by atoms with E-state index < -0.39 is 0 Å². The molecular formula is C35H43N4O4+. The first-order valence-electron chi connectivity index (χ1n) is 15.2. The fraction of sp³-hybridized carbons (Fsp3) is 0.400. The largest absolute Gasteiger partial charge is 0.428 e. The van der Waals surface area contributed by atoms with Gasteiger partial charge in [0.2, 0.25) is 0 Å². The number of benzene rings is 3. The van der Waals surface area contributed by atoms with Gasteiger partial charge in [-0.2, -0.15) is 4.48 Å². The molecular weight excluding hydrogens is 540 g/mol. The van der Waals surface area contributed by atoms with Crippen molar-refractivity contribution in [1.29, 1.82) is 0 Å². The molecule has 2 aliphatic heterocycles. The van der Waals surface area contributed by atoms with Gasteiger partial charge in [-0.15, -0.1) is 0 Å². The van der Waals surface area contributed by atoms with E-state index in [1.54, 1.807) is 14.1 Å². The van der Waals surface area contributed by atoms with E-state index in [2.05, 4.69) is 11.4 Å². The predicted octanol–water partition coefficient (Wildman–Crippen LogP) is 6.06. The molecule has 0 aromatic heterocycles. The average molecular weight is 584 g/mol. The van der Waals surface area contributed by atoms with Gasteiger partial charge in [0.1, 0.15) is 18.7 Å². The molecule has 0 spiro atoms. The number of rotatable bonds is 6. The minimum Gasteiger partial charge on any atom is -0.367 e. The summed E-state index contributed by atoms with van der Waals surface area (Å²) in [6, 6.07) is 22.9. The lowest BCUT2D eigenvalue weighted by Crippen LogP contribution is -2.65. The number of hydrogen-bond donors (Lipinski definition) is 1. The number of para-hydroxylation sites is 1. The van der Waals surface area contributed by atoms with Crippen LogP contribution in [0.2, 0.25) is 0 Å². The van der Waals surface area contributed by atoms with Crippen molar-refractivity contribution in [3.05, 3.63) is 101 Å². The Morgan fingerprint density at radius 1 is 1.00 bits per heavy atom. The number of amides is 5. The monoisotopic (exact) mass is 583 g/mol. The summed E-state index contributed by atoms with van der Waals surface area (Å²) in [4.78, 5) is 44.4. The average Bonchev–Trinajstić information content (AvgIpc) is 3.20. The fourth-order valence-corrected chi connectivity index (χ4v) is 6.44. The smallest absolute Gasteiger partial charge is 0.367 e. The van der Waals surface area contributed by atoms with Crippen LogP contribution < -0.4 is 10.2 Å². The first-order chi connectivity index (χ1) is 20.7. The number of imide groups is 1. The van der Waals surface area contributed by atoms with Crippen LogP contribution in [0, 0.1) is 6.92 Å². The summed E-state index contributed by atoms with van der Waals surface area (Å²) >= 11 is 0. The number of nitrogens with one attached hydrogen (secondary N) is 1. The molecule has 1 fully saturated rings. The molecule has 3 aromatic carbocycles. The summed E-state index contributed by atoms with van der Waals surface area (Å²) < 4.78 is 5.85. The Balaban J connectivity index is 1.28. The number of hydrogen-bond acceptors (Lipinski definition) is 4. The molecule has 0 aliphatic carbocycles. The van der Waals surface area contributed by atoms with E-state index in [9.17, 15) is 14.4 Å². The number of likely N-dealkylation sites (tertiary alicyclic amines) is 1. The molecule has 2 unspecified atom stereocenters. The first kappa shape index (κ1) is 30.4. The van der Waals surface area contributed by atoms with Gasteiger partial charge in [0.25, 0.3) is 5.91 Å². The summed E-state index contributed by atoms with van der Waals surface area (Å²) in [7, 11) is 3.37. The van der Waals surface area contributed by atoms with Gasteiger partial charge in [0.15, 0.2) is 0 Å². The molecule has 1 saturated heterocycles. The third-order valence-electron chi connectivity index (χ3n) is 8.89. The van der Waals surface area contributed by atoms with E-state index in [0.717, 1.165) is 41.6 Å². The van der Waals surface area contributed by atoms with Gasteiger partial charge in [-0.05, 0) is 73.6 Å². The SMILES string of the molecule is Cc1cc(C(=O)N2CCCCc3ccccc32)ccc1CNC(=O)[N+]1(C(=O)N(C)C)C[C@H](OCc2ccccc2)CC1C. The molecule has 1 N–H and O–H groups in total. The zero-order chi connectivity index (χ0) is 30.6. The maximum absolute atomic E-state index is 13.9. The van der Waals surface area contributed by atoms with Crippen molar-refractivity contribution in [2.45, 2.75) is 64.8 Å². The molecule has 43 heavy (non-hydrogen) atoms. The summed E-state index contributed by atoms with van der Waals surface area (Å²) in [6.45, 7) is 5.56. The number of ether oxygens (including phenoxy) is 1. The van der Waals surface area contributed by atoms with Gasteiger partial charge in [0.05, 0.1) is 6.61 Å². The number of anilines is 1. The zero-order valence-corrected chi connectivity index (χ0v) is 25.7. The number of quaternary nitrogens is 1.